The molecule has 0 aromatic heterocycles. The molecule has 0 saturated heterocycles. The van der Waals surface area contributed by atoms with E-state index in [1.807, 2.05) is 0 Å². The number of aromatic hydroxyl groups is 2. The van der Waals surface area contributed by atoms with E-state index in [1.54, 1.807) is 0 Å². The molecule has 340 valence electrons. The smallest absolute Gasteiger partial charge is 0.123 e. The van der Waals surface area contributed by atoms with Gasteiger partial charge in [-0.3, -0.25) is 0 Å². The Balaban J connectivity index is 2.61. The summed E-state index contributed by atoms with van der Waals surface area (Å²) in [6.07, 6.45) is 31.1. The fraction of sp³-hybridized carbons (Fsp3) is 0.786. The highest BCUT2D eigenvalue weighted by atomic mass is 32.1. The fourth-order valence-electron chi connectivity index (χ4n) is 9.38. The summed E-state index contributed by atoms with van der Waals surface area (Å²) in [6, 6.07) is 9.24. The molecule has 0 atom stereocenters. The lowest BCUT2D eigenvalue weighted by Gasteiger charge is -2.39. The van der Waals surface area contributed by atoms with Gasteiger partial charge in [0.05, 0.1) is 0 Å². The van der Waals surface area contributed by atoms with E-state index in [1.165, 1.54) is 152 Å². The second-order valence-electron chi connectivity index (χ2n) is 23.2. The molecular formula is C56H98O2S. The summed E-state index contributed by atoms with van der Waals surface area (Å²) in [7, 11) is 0. The quantitative estimate of drug-likeness (QED) is 0.0620. The molecule has 0 radical (unpaired) electrons. The van der Waals surface area contributed by atoms with Crippen LogP contribution in [-0.2, 0) is 34.5 Å². The van der Waals surface area contributed by atoms with Crippen molar-refractivity contribution in [2.45, 2.75) is 277 Å². The largest absolute Gasteiger partial charge is 0.507 e. The highest BCUT2D eigenvalue weighted by Gasteiger charge is 2.38. The third kappa shape index (κ3) is 18.7. The van der Waals surface area contributed by atoms with Crippen LogP contribution in [0.2, 0.25) is 0 Å². The van der Waals surface area contributed by atoms with Gasteiger partial charge in [-0.25, -0.2) is 0 Å². The lowest BCUT2D eigenvalue weighted by molar-refractivity contribution is 0.305. The molecule has 0 bridgehead atoms. The van der Waals surface area contributed by atoms with Gasteiger partial charge in [0.25, 0.3) is 0 Å². The van der Waals surface area contributed by atoms with Crippen LogP contribution in [0.3, 0.4) is 0 Å². The maximum absolute atomic E-state index is 11.7. The Morgan fingerprint density at radius 1 is 0.390 bits per heavy atom. The summed E-state index contributed by atoms with van der Waals surface area (Å²) >= 11 is 5.99. The molecule has 0 heterocycles. The van der Waals surface area contributed by atoms with Crippen LogP contribution >= 0.6 is 12.6 Å². The molecule has 2 N–H and O–H groups in total. The average molecular weight is 835 g/mol. The average Bonchev–Trinajstić information content (AvgIpc) is 3.11. The molecule has 2 nitrogen and oxygen atoms in total. The molecule has 0 aliphatic heterocycles. The molecular weight excluding hydrogens is 737 g/mol. The van der Waals surface area contributed by atoms with Crippen molar-refractivity contribution in [2.75, 3.05) is 0 Å². The second kappa shape index (κ2) is 24.9. The van der Waals surface area contributed by atoms with E-state index < -0.39 is 0 Å². The number of phenolic OH excluding ortho intramolecular Hbond substituents is 2. The Morgan fingerprint density at radius 2 is 0.610 bits per heavy atom. The van der Waals surface area contributed by atoms with Crippen LogP contribution in [0.25, 0.3) is 0 Å². The van der Waals surface area contributed by atoms with Gasteiger partial charge in [-0.15, -0.1) is 0 Å². The summed E-state index contributed by atoms with van der Waals surface area (Å²) < 4.78 is -0.304. The molecule has 0 aliphatic carbocycles. The van der Waals surface area contributed by atoms with Crippen LogP contribution in [0, 0.1) is 5.92 Å². The molecule has 2 aromatic carbocycles. The van der Waals surface area contributed by atoms with Crippen LogP contribution in [-0.4, -0.2) is 15.0 Å². The first-order valence-corrected chi connectivity index (χ1v) is 25.4. The zero-order valence-electron chi connectivity index (χ0n) is 41.7. The van der Waals surface area contributed by atoms with E-state index in [0.717, 1.165) is 35.1 Å². The molecule has 0 saturated carbocycles. The molecule has 0 spiro atoms. The minimum atomic E-state index is -0.304. The number of rotatable bonds is 27. The van der Waals surface area contributed by atoms with Crippen molar-refractivity contribution >= 4 is 12.6 Å². The minimum absolute atomic E-state index is 0.190. The lowest BCUT2D eigenvalue weighted by Crippen LogP contribution is -2.38. The van der Waals surface area contributed by atoms with Crippen LogP contribution in [0.5, 0.6) is 11.5 Å². The predicted octanol–water partition coefficient (Wildman–Crippen LogP) is 18.0. The molecule has 0 unspecified atom stereocenters. The standard InChI is InChI=1S/C56H98O2S/c1-15-17-19-21-23-25-27-29-31-33-35-45(36-34-32-30-28-26-24-22-20-18-16-2)56(59,41-43-37-46(52(3,4)5)50(57)47(38-43)53(6,7)8)42-44-39-48(54(9,10)11)51(58)49(40-44)55(12,13)14/h37-40,45,57-59H,15-36,41-42H2,1-14H3. The Kier molecular flexibility index (Phi) is 22.6. The summed E-state index contributed by atoms with van der Waals surface area (Å²) in [5.74, 6) is 1.35. The van der Waals surface area contributed by atoms with Gasteiger partial charge in [0.1, 0.15) is 11.5 Å². The minimum Gasteiger partial charge on any atom is -0.507 e. The summed E-state index contributed by atoms with van der Waals surface area (Å²) in [5, 5.41) is 23.5. The summed E-state index contributed by atoms with van der Waals surface area (Å²) in [6.45, 7) is 31.3. The van der Waals surface area contributed by atoms with Gasteiger partial charge in [-0.2, -0.15) is 12.6 Å². The number of unbranched alkanes of at least 4 members (excludes halogenated alkanes) is 18. The van der Waals surface area contributed by atoms with E-state index >= 15 is 0 Å². The zero-order chi connectivity index (χ0) is 44.5. The van der Waals surface area contributed by atoms with E-state index in [2.05, 4.69) is 121 Å². The Bertz CT molecular complexity index is 1300. The van der Waals surface area contributed by atoms with Crippen molar-refractivity contribution < 1.29 is 10.2 Å². The SMILES string of the molecule is CCCCCCCCCCCCC(CCCCCCCCCCCC)C(S)(Cc1cc(C(C)(C)C)c(O)c(C(C)(C)C)c1)Cc1cc(C(C)(C)C)c(O)c(C(C)(C)C)c1. The number of thiol groups is 1. The molecule has 0 fully saturated rings. The third-order valence-corrected chi connectivity index (χ3v) is 13.8. The first-order chi connectivity index (χ1) is 27.5. The zero-order valence-corrected chi connectivity index (χ0v) is 42.6. The van der Waals surface area contributed by atoms with Gasteiger partial charge in [0, 0.05) is 4.75 Å². The third-order valence-electron chi connectivity index (χ3n) is 13.2. The van der Waals surface area contributed by atoms with Crippen molar-refractivity contribution in [3.8, 4) is 11.5 Å². The normalized spacial score (nSPS) is 13.2. The van der Waals surface area contributed by atoms with E-state index in [0.29, 0.717) is 17.4 Å². The summed E-state index contributed by atoms with van der Waals surface area (Å²) in [5.41, 5.74) is 5.95. The molecule has 0 amide bonds. The number of hydrogen-bond acceptors (Lipinski definition) is 3. The van der Waals surface area contributed by atoms with Crippen molar-refractivity contribution in [1.29, 1.82) is 0 Å². The Morgan fingerprint density at radius 3 is 0.831 bits per heavy atom. The molecule has 59 heavy (non-hydrogen) atoms. The highest BCUT2D eigenvalue weighted by Crippen LogP contribution is 2.46. The Labute approximate surface area is 373 Å². The summed E-state index contributed by atoms with van der Waals surface area (Å²) in [4.78, 5) is 0. The maximum atomic E-state index is 11.7. The number of phenols is 2. The van der Waals surface area contributed by atoms with Gasteiger partial charge < -0.3 is 10.2 Å². The molecule has 3 heteroatoms. The van der Waals surface area contributed by atoms with Crippen molar-refractivity contribution in [3.05, 3.63) is 57.6 Å². The Hall–Kier alpha value is -1.61. The van der Waals surface area contributed by atoms with Crippen molar-refractivity contribution in [3.63, 3.8) is 0 Å². The number of hydrogen-bond donors (Lipinski definition) is 3. The van der Waals surface area contributed by atoms with Gasteiger partial charge in [-0.1, -0.05) is 250 Å². The van der Waals surface area contributed by atoms with Crippen LogP contribution < -0.4 is 0 Å². The van der Waals surface area contributed by atoms with Crippen LogP contribution in [0.1, 0.15) is 272 Å². The van der Waals surface area contributed by atoms with Gasteiger partial charge >= 0.3 is 0 Å². The van der Waals surface area contributed by atoms with E-state index in [4.69, 9.17) is 12.6 Å². The van der Waals surface area contributed by atoms with Gasteiger partial charge in [-0.05, 0) is 86.6 Å². The first-order valence-electron chi connectivity index (χ1n) is 24.9. The van der Waals surface area contributed by atoms with Crippen LogP contribution in [0.4, 0.5) is 0 Å². The monoisotopic (exact) mass is 835 g/mol. The molecule has 2 rings (SSSR count). The topological polar surface area (TPSA) is 40.5 Å². The predicted molar refractivity (Wildman–Crippen MR) is 267 cm³/mol. The fourth-order valence-corrected chi connectivity index (χ4v) is 10.00. The van der Waals surface area contributed by atoms with Crippen molar-refractivity contribution in [1.82, 2.24) is 0 Å². The van der Waals surface area contributed by atoms with E-state index in [-0.39, 0.29) is 26.4 Å². The number of benzene rings is 2. The molecule has 0 aliphatic rings. The van der Waals surface area contributed by atoms with E-state index in [9.17, 15) is 10.2 Å². The van der Waals surface area contributed by atoms with Crippen LogP contribution in [0.15, 0.2) is 24.3 Å². The second-order valence-corrected chi connectivity index (χ2v) is 24.1. The maximum Gasteiger partial charge on any atom is 0.123 e. The molecule has 2 aromatic rings. The van der Waals surface area contributed by atoms with Crippen molar-refractivity contribution in [2.24, 2.45) is 5.92 Å². The first kappa shape index (κ1) is 53.5. The van der Waals surface area contributed by atoms with Gasteiger partial charge in [0.15, 0.2) is 0 Å². The van der Waals surface area contributed by atoms with Gasteiger partial charge in [0.2, 0.25) is 0 Å². The lowest BCUT2D eigenvalue weighted by atomic mass is 9.72. The highest BCUT2D eigenvalue weighted by molar-refractivity contribution is 7.81.